The van der Waals surface area contributed by atoms with Gasteiger partial charge in [0.15, 0.2) is 0 Å². The molecule has 0 bridgehead atoms. The highest BCUT2D eigenvalue weighted by Crippen LogP contribution is 2.31. The zero-order valence-electron chi connectivity index (χ0n) is 11.3. The fourth-order valence-corrected chi connectivity index (χ4v) is 2.78. The first kappa shape index (κ1) is 14.2. The van der Waals surface area contributed by atoms with Crippen LogP contribution in [-0.4, -0.2) is 9.55 Å². The van der Waals surface area contributed by atoms with Crippen molar-refractivity contribution in [3.8, 4) is 5.69 Å². The molecular formula is C16H13BrClN3. The van der Waals surface area contributed by atoms with E-state index in [1.165, 1.54) is 0 Å². The minimum atomic E-state index is 0.721. The highest BCUT2D eigenvalue weighted by molar-refractivity contribution is 9.10. The molecule has 1 N–H and O–H groups in total. The van der Waals surface area contributed by atoms with Crippen LogP contribution >= 0.6 is 27.5 Å². The maximum absolute atomic E-state index is 6.19. The summed E-state index contributed by atoms with van der Waals surface area (Å²) in [6, 6.07) is 13.9. The molecule has 0 aliphatic rings. The second kappa shape index (κ2) is 5.92. The topological polar surface area (TPSA) is 29.9 Å². The Labute approximate surface area is 136 Å². The molecule has 0 spiro atoms. The molecular weight excluding hydrogens is 350 g/mol. The molecule has 5 heteroatoms. The van der Waals surface area contributed by atoms with E-state index in [0.29, 0.717) is 0 Å². The maximum Gasteiger partial charge on any atom is 0.212 e. The van der Waals surface area contributed by atoms with Crippen molar-refractivity contribution in [3.05, 3.63) is 69.9 Å². The number of imidazole rings is 1. The number of hydrogen-bond acceptors (Lipinski definition) is 2. The van der Waals surface area contributed by atoms with E-state index in [0.717, 1.165) is 32.4 Å². The average Bonchev–Trinajstić information content (AvgIpc) is 2.94. The molecule has 0 unspecified atom stereocenters. The zero-order valence-corrected chi connectivity index (χ0v) is 13.7. The number of hydrogen-bond donors (Lipinski definition) is 1. The number of rotatable bonds is 3. The molecule has 3 nitrogen and oxygen atoms in total. The average molecular weight is 363 g/mol. The van der Waals surface area contributed by atoms with Crippen molar-refractivity contribution in [2.24, 2.45) is 0 Å². The molecule has 0 atom stereocenters. The summed E-state index contributed by atoms with van der Waals surface area (Å²) in [5.41, 5.74) is 2.96. The van der Waals surface area contributed by atoms with Gasteiger partial charge < -0.3 is 5.32 Å². The minimum absolute atomic E-state index is 0.721. The van der Waals surface area contributed by atoms with Gasteiger partial charge in [-0.2, -0.15) is 0 Å². The van der Waals surface area contributed by atoms with Crippen molar-refractivity contribution in [2.75, 3.05) is 5.32 Å². The van der Waals surface area contributed by atoms with Gasteiger partial charge in [0.1, 0.15) is 0 Å². The lowest BCUT2D eigenvalue weighted by atomic mass is 10.2. The quantitative estimate of drug-likeness (QED) is 0.681. The lowest BCUT2D eigenvalue weighted by Crippen LogP contribution is -2.01. The zero-order chi connectivity index (χ0) is 14.8. The van der Waals surface area contributed by atoms with Gasteiger partial charge in [0.25, 0.3) is 0 Å². The molecule has 0 aliphatic carbocycles. The van der Waals surface area contributed by atoms with Crippen LogP contribution in [-0.2, 0) is 0 Å². The molecule has 0 amide bonds. The van der Waals surface area contributed by atoms with Crippen molar-refractivity contribution >= 4 is 39.2 Å². The molecule has 21 heavy (non-hydrogen) atoms. The van der Waals surface area contributed by atoms with E-state index in [9.17, 15) is 0 Å². The molecule has 0 saturated carbocycles. The lowest BCUT2D eigenvalue weighted by molar-refractivity contribution is 1.06. The molecule has 3 aromatic rings. The van der Waals surface area contributed by atoms with Crippen LogP contribution in [0.5, 0.6) is 0 Å². The summed E-state index contributed by atoms with van der Waals surface area (Å²) < 4.78 is 2.94. The fraction of sp³-hybridized carbons (Fsp3) is 0.0625. The summed E-state index contributed by atoms with van der Waals surface area (Å²) in [7, 11) is 0. The van der Waals surface area contributed by atoms with E-state index in [1.807, 2.05) is 60.2 Å². The molecule has 0 radical (unpaired) electrons. The number of halogens is 2. The number of aromatic nitrogens is 2. The Bertz CT molecular complexity index is 768. The monoisotopic (exact) mass is 361 g/mol. The van der Waals surface area contributed by atoms with Crippen molar-refractivity contribution < 1.29 is 0 Å². The number of nitrogens with one attached hydrogen (secondary N) is 1. The second-order valence-electron chi connectivity index (χ2n) is 4.66. The van der Waals surface area contributed by atoms with E-state index in [2.05, 4.69) is 26.2 Å². The Morgan fingerprint density at radius 1 is 1.19 bits per heavy atom. The van der Waals surface area contributed by atoms with Crippen molar-refractivity contribution in [3.63, 3.8) is 0 Å². The number of benzene rings is 2. The van der Waals surface area contributed by atoms with Crippen LogP contribution in [0, 0.1) is 6.92 Å². The number of nitrogens with zero attached hydrogens (tertiary/aromatic N) is 2. The Kier molecular flexibility index (Phi) is 3.99. The normalized spacial score (nSPS) is 10.6. The first-order valence-corrected chi connectivity index (χ1v) is 7.63. The van der Waals surface area contributed by atoms with Crippen LogP contribution in [0.25, 0.3) is 5.69 Å². The summed E-state index contributed by atoms with van der Waals surface area (Å²) in [5, 5.41) is 4.03. The summed E-state index contributed by atoms with van der Waals surface area (Å²) >= 11 is 9.74. The summed E-state index contributed by atoms with van der Waals surface area (Å²) in [4.78, 5) is 4.37. The minimum Gasteiger partial charge on any atom is -0.324 e. The van der Waals surface area contributed by atoms with Crippen LogP contribution in [0.4, 0.5) is 11.6 Å². The van der Waals surface area contributed by atoms with Gasteiger partial charge >= 0.3 is 0 Å². The van der Waals surface area contributed by atoms with Crippen LogP contribution in [0.3, 0.4) is 0 Å². The van der Waals surface area contributed by atoms with E-state index in [4.69, 9.17) is 11.6 Å². The smallest absolute Gasteiger partial charge is 0.212 e. The third kappa shape index (κ3) is 2.96. The SMILES string of the molecule is Cc1cc(Br)c(Nc2nccn2-c2ccccc2)cc1Cl. The van der Waals surface area contributed by atoms with Gasteiger partial charge in [-0.3, -0.25) is 4.57 Å². The predicted molar refractivity (Wildman–Crippen MR) is 90.7 cm³/mol. The van der Waals surface area contributed by atoms with Crippen LogP contribution in [0.15, 0.2) is 59.3 Å². The predicted octanol–water partition coefficient (Wildman–Crippen LogP) is 5.34. The molecule has 1 aromatic heterocycles. The van der Waals surface area contributed by atoms with Crippen molar-refractivity contribution in [2.45, 2.75) is 6.92 Å². The first-order valence-electron chi connectivity index (χ1n) is 6.46. The highest BCUT2D eigenvalue weighted by Gasteiger charge is 2.09. The summed E-state index contributed by atoms with van der Waals surface area (Å²) in [5.74, 6) is 0.738. The fourth-order valence-electron chi connectivity index (χ4n) is 2.06. The van der Waals surface area contributed by atoms with Gasteiger partial charge in [0.05, 0.1) is 5.69 Å². The molecule has 2 aromatic carbocycles. The van der Waals surface area contributed by atoms with Gasteiger partial charge in [0.2, 0.25) is 5.95 Å². The van der Waals surface area contributed by atoms with Crippen LogP contribution in [0.1, 0.15) is 5.56 Å². The maximum atomic E-state index is 6.19. The molecule has 0 fully saturated rings. The molecule has 106 valence electrons. The van der Waals surface area contributed by atoms with Gasteiger partial charge in [-0.25, -0.2) is 4.98 Å². The Morgan fingerprint density at radius 2 is 1.95 bits per heavy atom. The van der Waals surface area contributed by atoms with Gasteiger partial charge in [-0.1, -0.05) is 29.8 Å². The summed E-state index contributed by atoms with van der Waals surface area (Å²) in [6.07, 6.45) is 3.68. The van der Waals surface area contributed by atoms with Gasteiger partial charge in [-0.05, 0) is 52.7 Å². The standard InChI is InChI=1S/C16H13BrClN3/c1-11-9-13(17)15(10-14(11)18)20-16-19-7-8-21(16)12-5-3-2-4-6-12/h2-10H,1H3,(H,19,20). The van der Waals surface area contributed by atoms with E-state index >= 15 is 0 Å². The summed E-state index contributed by atoms with van der Waals surface area (Å²) in [6.45, 7) is 1.97. The highest BCUT2D eigenvalue weighted by atomic mass is 79.9. The van der Waals surface area contributed by atoms with E-state index in [1.54, 1.807) is 6.20 Å². The van der Waals surface area contributed by atoms with Gasteiger partial charge in [-0.15, -0.1) is 0 Å². The van der Waals surface area contributed by atoms with Crippen LogP contribution < -0.4 is 5.32 Å². The van der Waals surface area contributed by atoms with Crippen molar-refractivity contribution in [1.29, 1.82) is 0 Å². The molecule has 0 saturated heterocycles. The molecule has 1 heterocycles. The van der Waals surface area contributed by atoms with Crippen LogP contribution in [0.2, 0.25) is 5.02 Å². The lowest BCUT2D eigenvalue weighted by Gasteiger charge is -2.12. The van der Waals surface area contributed by atoms with E-state index < -0.39 is 0 Å². The third-order valence-electron chi connectivity index (χ3n) is 3.17. The second-order valence-corrected chi connectivity index (χ2v) is 5.92. The Balaban J connectivity index is 1.97. The van der Waals surface area contributed by atoms with Crippen molar-refractivity contribution in [1.82, 2.24) is 9.55 Å². The number of aryl methyl sites for hydroxylation is 1. The first-order chi connectivity index (χ1) is 10.1. The third-order valence-corrected chi connectivity index (χ3v) is 4.23. The molecule has 0 aliphatic heterocycles. The van der Waals surface area contributed by atoms with Gasteiger partial charge in [0, 0.05) is 27.6 Å². The molecule has 3 rings (SSSR count). The largest absolute Gasteiger partial charge is 0.324 e. The Morgan fingerprint density at radius 3 is 2.71 bits per heavy atom. The number of para-hydroxylation sites is 1. The Hall–Kier alpha value is -1.78. The van der Waals surface area contributed by atoms with E-state index in [-0.39, 0.29) is 0 Å². The number of anilines is 2.